The number of para-hydroxylation sites is 1. The van der Waals surface area contributed by atoms with E-state index < -0.39 is 29.2 Å². The number of halogens is 1. The average molecular weight is 550 g/mol. The summed E-state index contributed by atoms with van der Waals surface area (Å²) in [5.41, 5.74) is 1.33. The SMILES string of the molecule is COc1cc(C(C(=O)NC(C)(C)C)N(C(=O)Cn2nnc3ccccc32)c2ccc(F)cc2)cc(OC)c1OC. The molecule has 10 nitrogen and oxygen atoms in total. The lowest BCUT2D eigenvalue weighted by Gasteiger charge is -2.34. The van der Waals surface area contributed by atoms with Crippen LogP contribution in [0.4, 0.5) is 10.1 Å². The Morgan fingerprint density at radius 2 is 1.60 bits per heavy atom. The first kappa shape index (κ1) is 28.3. The number of fused-ring (bicyclic) bond motifs is 1. The van der Waals surface area contributed by atoms with Crippen LogP contribution in [-0.2, 0) is 16.1 Å². The van der Waals surface area contributed by atoms with E-state index in [-0.39, 0.29) is 6.54 Å². The second kappa shape index (κ2) is 11.6. The molecule has 0 radical (unpaired) electrons. The van der Waals surface area contributed by atoms with Gasteiger partial charge < -0.3 is 19.5 Å². The van der Waals surface area contributed by atoms with Crippen LogP contribution in [-0.4, -0.2) is 53.7 Å². The topological polar surface area (TPSA) is 108 Å². The Bertz CT molecular complexity index is 1490. The summed E-state index contributed by atoms with van der Waals surface area (Å²) in [6.45, 7) is 5.27. The number of hydrogen-bond acceptors (Lipinski definition) is 7. The molecule has 1 N–H and O–H groups in total. The number of hydrogen-bond donors (Lipinski definition) is 1. The Labute approximate surface area is 231 Å². The van der Waals surface area contributed by atoms with Gasteiger partial charge in [0.1, 0.15) is 23.9 Å². The lowest BCUT2D eigenvalue weighted by molar-refractivity contribution is -0.128. The van der Waals surface area contributed by atoms with Gasteiger partial charge in [-0.25, -0.2) is 9.07 Å². The third kappa shape index (κ3) is 5.98. The lowest BCUT2D eigenvalue weighted by atomic mass is 9.99. The third-order valence-electron chi connectivity index (χ3n) is 6.09. The van der Waals surface area contributed by atoms with Crippen molar-refractivity contribution in [2.24, 2.45) is 0 Å². The molecule has 1 aromatic heterocycles. The van der Waals surface area contributed by atoms with E-state index in [1.54, 1.807) is 24.3 Å². The van der Waals surface area contributed by atoms with Crippen molar-refractivity contribution >= 4 is 28.5 Å². The predicted molar refractivity (Wildman–Crippen MR) is 148 cm³/mol. The van der Waals surface area contributed by atoms with Crippen LogP contribution in [0.5, 0.6) is 17.2 Å². The molecule has 0 fully saturated rings. The van der Waals surface area contributed by atoms with Gasteiger partial charge in [0.05, 0.1) is 26.8 Å². The van der Waals surface area contributed by atoms with Crippen LogP contribution in [0.3, 0.4) is 0 Å². The summed E-state index contributed by atoms with van der Waals surface area (Å²) < 4.78 is 32.0. The van der Waals surface area contributed by atoms with Gasteiger partial charge in [-0.2, -0.15) is 0 Å². The number of amides is 2. The van der Waals surface area contributed by atoms with Crippen molar-refractivity contribution < 1.29 is 28.2 Å². The summed E-state index contributed by atoms with van der Waals surface area (Å²) in [5, 5.41) is 11.2. The van der Waals surface area contributed by atoms with Crippen LogP contribution in [0, 0.1) is 5.82 Å². The predicted octanol–water partition coefficient (Wildman–Crippen LogP) is 4.29. The van der Waals surface area contributed by atoms with Crippen molar-refractivity contribution in [2.75, 3.05) is 26.2 Å². The highest BCUT2D eigenvalue weighted by molar-refractivity contribution is 6.01. The quantitative estimate of drug-likeness (QED) is 0.332. The molecule has 3 aromatic carbocycles. The molecule has 4 aromatic rings. The molecule has 0 aliphatic rings. The highest BCUT2D eigenvalue weighted by atomic mass is 19.1. The van der Waals surface area contributed by atoms with Crippen LogP contribution in [0.2, 0.25) is 0 Å². The lowest BCUT2D eigenvalue weighted by Crippen LogP contribution is -2.50. The van der Waals surface area contributed by atoms with Crippen LogP contribution in [0.1, 0.15) is 32.4 Å². The Kier molecular flexibility index (Phi) is 8.22. The normalized spacial score (nSPS) is 12.1. The van der Waals surface area contributed by atoms with Crippen molar-refractivity contribution in [1.29, 1.82) is 0 Å². The van der Waals surface area contributed by atoms with Crippen molar-refractivity contribution in [2.45, 2.75) is 38.9 Å². The first-order valence-corrected chi connectivity index (χ1v) is 12.5. The van der Waals surface area contributed by atoms with Gasteiger partial charge >= 0.3 is 0 Å². The second-order valence-electron chi connectivity index (χ2n) is 10.1. The first-order chi connectivity index (χ1) is 19.1. The zero-order valence-corrected chi connectivity index (χ0v) is 23.3. The number of carbonyl (C=O) groups is 2. The van der Waals surface area contributed by atoms with Crippen molar-refractivity contribution in [3.63, 3.8) is 0 Å². The Balaban J connectivity index is 1.91. The molecule has 1 unspecified atom stereocenters. The molecule has 1 atom stereocenters. The number of nitrogens with one attached hydrogen (secondary N) is 1. The number of rotatable bonds is 9. The molecule has 40 heavy (non-hydrogen) atoms. The van der Waals surface area contributed by atoms with Crippen molar-refractivity contribution in [3.05, 3.63) is 72.0 Å². The van der Waals surface area contributed by atoms with Gasteiger partial charge in [0.25, 0.3) is 0 Å². The molecular weight excluding hydrogens is 517 g/mol. The smallest absolute Gasteiger partial charge is 0.249 e. The van der Waals surface area contributed by atoms with Crippen LogP contribution >= 0.6 is 0 Å². The molecule has 210 valence electrons. The molecule has 0 aliphatic carbocycles. The fourth-order valence-corrected chi connectivity index (χ4v) is 4.39. The minimum atomic E-state index is -1.21. The fourth-order valence-electron chi connectivity index (χ4n) is 4.39. The van der Waals surface area contributed by atoms with Gasteiger partial charge in [0.15, 0.2) is 11.5 Å². The molecule has 2 amide bonds. The minimum absolute atomic E-state index is 0.235. The first-order valence-electron chi connectivity index (χ1n) is 12.5. The van der Waals surface area contributed by atoms with E-state index in [4.69, 9.17) is 14.2 Å². The number of benzene rings is 3. The Morgan fingerprint density at radius 3 is 2.17 bits per heavy atom. The summed E-state index contributed by atoms with van der Waals surface area (Å²) >= 11 is 0. The van der Waals surface area contributed by atoms with E-state index in [0.29, 0.717) is 39.5 Å². The van der Waals surface area contributed by atoms with Gasteiger partial charge in [-0.15, -0.1) is 5.10 Å². The van der Waals surface area contributed by atoms with Gasteiger partial charge in [0, 0.05) is 11.2 Å². The maximum atomic E-state index is 14.1. The van der Waals surface area contributed by atoms with Gasteiger partial charge in [0.2, 0.25) is 17.6 Å². The summed E-state index contributed by atoms with van der Waals surface area (Å²) in [6.07, 6.45) is 0. The largest absolute Gasteiger partial charge is 0.493 e. The summed E-state index contributed by atoms with van der Waals surface area (Å²) in [7, 11) is 4.40. The van der Waals surface area contributed by atoms with Gasteiger partial charge in [-0.3, -0.25) is 14.5 Å². The average Bonchev–Trinajstić information content (AvgIpc) is 3.32. The number of ether oxygens (including phenoxy) is 3. The molecule has 1 heterocycles. The molecule has 0 aliphatic heterocycles. The maximum absolute atomic E-state index is 14.1. The molecule has 11 heteroatoms. The van der Waals surface area contributed by atoms with E-state index in [1.165, 1.54) is 55.2 Å². The van der Waals surface area contributed by atoms with E-state index in [0.717, 1.165) is 0 Å². The maximum Gasteiger partial charge on any atom is 0.249 e. The van der Waals surface area contributed by atoms with E-state index >= 15 is 0 Å². The van der Waals surface area contributed by atoms with Gasteiger partial charge in [-0.1, -0.05) is 17.3 Å². The zero-order valence-electron chi connectivity index (χ0n) is 23.3. The monoisotopic (exact) mass is 549 g/mol. The summed E-state index contributed by atoms with van der Waals surface area (Å²) in [6, 6.07) is 14.6. The highest BCUT2D eigenvalue weighted by Gasteiger charge is 2.36. The third-order valence-corrected chi connectivity index (χ3v) is 6.09. The molecule has 0 bridgehead atoms. The van der Waals surface area contributed by atoms with Gasteiger partial charge in [-0.05, 0) is 74.9 Å². The summed E-state index contributed by atoms with van der Waals surface area (Å²) in [5.74, 6) is -0.495. The zero-order chi connectivity index (χ0) is 29.0. The fraction of sp³-hybridized carbons (Fsp3) is 0.310. The standard InChI is InChI=1S/C29H32FN5O5/c1-29(2,3)31-28(37)26(18-15-23(38-4)27(40-6)24(16-18)39-5)35(20-13-11-19(30)12-14-20)25(36)17-34-22-10-8-7-9-21(22)32-33-34/h7-16,26H,17H2,1-6H3,(H,31,37). The number of anilines is 1. The van der Waals surface area contributed by atoms with E-state index in [1.807, 2.05) is 32.9 Å². The molecule has 0 saturated carbocycles. The van der Waals surface area contributed by atoms with E-state index in [2.05, 4.69) is 15.6 Å². The van der Waals surface area contributed by atoms with Crippen LogP contribution < -0.4 is 24.4 Å². The van der Waals surface area contributed by atoms with E-state index in [9.17, 15) is 14.0 Å². The Hall–Kier alpha value is -4.67. The van der Waals surface area contributed by atoms with Crippen LogP contribution in [0.15, 0.2) is 60.7 Å². The number of carbonyl (C=O) groups excluding carboxylic acids is 2. The number of aromatic nitrogens is 3. The number of methoxy groups -OCH3 is 3. The van der Waals surface area contributed by atoms with Crippen molar-refractivity contribution in [1.82, 2.24) is 20.3 Å². The van der Waals surface area contributed by atoms with Crippen molar-refractivity contribution in [3.8, 4) is 17.2 Å². The highest BCUT2D eigenvalue weighted by Crippen LogP contribution is 2.41. The molecule has 4 rings (SSSR count). The molecule has 0 saturated heterocycles. The molecule has 0 spiro atoms. The van der Waals surface area contributed by atoms with Crippen LogP contribution in [0.25, 0.3) is 11.0 Å². The molecular formula is C29H32FN5O5. The Morgan fingerprint density at radius 1 is 0.975 bits per heavy atom. The second-order valence-corrected chi connectivity index (χ2v) is 10.1. The number of nitrogens with zero attached hydrogens (tertiary/aromatic N) is 4. The minimum Gasteiger partial charge on any atom is -0.493 e. The summed E-state index contributed by atoms with van der Waals surface area (Å²) in [4.78, 5) is 29.4.